The van der Waals surface area contributed by atoms with Gasteiger partial charge >= 0.3 is 0 Å². The van der Waals surface area contributed by atoms with Crippen LogP contribution in [0.1, 0.15) is 37.3 Å². The van der Waals surface area contributed by atoms with Crippen LogP contribution in [0.5, 0.6) is 11.5 Å². The fraction of sp³-hybridized carbons (Fsp3) is 0.375. The highest BCUT2D eigenvalue weighted by Gasteiger charge is 2.57. The van der Waals surface area contributed by atoms with Gasteiger partial charge in [0, 0.05) is 16.9 Å². The first-order valence-electron chi connectivity index (χ1n) is 10.2. The van der Waals surface area contributed by atoms with E-state index < -0.39 is 5.82 Å². The number of carbonyl (C=O) groups excluding carboxylic acids is 1. The summed E-state index contributed by atoms with van der Waals surface area (Å²) in [6, 6.07) is 9.63. The second-order valence-corrected chi connectivity index (χ2v) is 8.80. The number of halogens is 2. The van der Waals surface area contributed by atoms with Gasteiger partial charge in [0.1, 0.15) is 11.5 Å². The molecule has 29 heavy (non-hydrogen) atoms. The number of ketones is 1. The Morgan fingerprint density at radius 1 is 1.14 bits per heavy atom. The number of aliphatic hydroxyl groups excluding tert-OH is 1. The van der Waals surface area contributed by atoms with Crippen molar-refractivity contribution in [3.8, 4) is 11.5 Å². The molecule has 2 fully saturated rings. The number of hydrogen-bond donors (Lipinski definition) is 1. The number of aliphatic hydroxyl groups is 1. The van der Waals surface area contributed by atoms with Crippen molar-refractivity contribution in [1.29, 1.82) is 0 Å². The zero-order valence-electron chi connectivity index (χ0n) is 16.1. The van der Waals surface area contributed by atoms with Gasteiger partial charge in [0.2, 0.25) is 0 Å². The van der Waals surface area contributed by atoms with Crippen molar-refractivity contribution in [3.63, 3.8) is 0 Å². The monoisotopic (exact) mass is 412 g/mol. The Bertz CT molecular complexity index is 1040. The number of rotatable bonds is 4. The average Bonchev–Trinajstić information content (AvgIpc) is 3.38. The minimum absolute atomic E-state index is 0.0285. The molecular weight excluding hydrogens is 391 g/mol. The van der Waals surface area contributed by atoms with E-state index in [4.69, 9.17) is 16.3 Å². The summed E-state index contributed by atoms with van der Waals surface area (Å²) < 4.78 is 19.9. The van der Waals surface area contributed by atoms with Crippen LogP contribution < -0.4 is 4.74 Å². The van der Waals surface area contributed by atoms with Crippen LogP contribution in [0.3, 0.4) is 0 Å². The minimum Gasteiger partial charge on any atom is -0.511 e. The second kappa shape index (κ2) is 6.88. The van der Waals surface area contributed by atoms with E-state index in [0.717, 1.165) is 31.2 Å². The van der Waals surface area contributed by atoms with Crippen LogP contribution in [0, 0.1) is 29.5 Å². The summed E-state index contributed by atoms with van der Waals surface area (Å²) in [5.74, 6) is 0.946. The van der Waals surface area contributed by atoms with E-state index in [1.807, 2.05) is 13.0 Å². The van der Waals surface area contributed by atoms with E-state index in [0.29, 0.717) is 33.7 Å². The molecular formula is C24H22ClFO3. The predicted octanol–water partition coefficient (Wildman–Crippen LogP) is 6.35. The minimum atomic E-state index is -0.552. The van der Waals surface area contributed by atoms with E-state index in [-0.39, 0.29) is 29.1 Å². The molecule has 2 saturated carbocycles. The average molecular weight is 413 g/mol. The molecule has 5 heteroatoms. The number of Topliss-reactive ketones (excluding diaryl/α,β-unsaturated/α-hetero) is 1. The first-order valence-corrected chi connectivity index (χ1v) is 10.6. The van der Waals surface area contributed by atoms with E-state index in [1.54, 1.807) is 18.2 Å². The Balaban J connectivity index is 1.54. The first kappa shape index (κ1) is 18.7. The zero-order chi connectivity index (χ0) is 20.3. The highest BCUT2D eigenvalue weighted by Crippen LogP contribution is 2.60. The van der Waals surface area contributed by atoms with Gasteiger partial charge in [0.05, 0.1) is 5.57 Å². The van der Waals surface area contributed by atoms with Gasteiger partial charge in [-0.2, -0.15) is 0 Å². The van der Waals surface area contributed by atoms with Crippen molar-refractivity contribution in [3.05, 3.63) is 64.1 Å². The van der Waals surface area contributed by atoms with Crippen LogP contribution >= 0.6 is 11.6 Å². The number of hydrogen-bond acceptors (Lipinski definition) is 3. The lowest BCUT2D eigenvalue weighted by Gasteiger charge is -2.23. The molecule has 3 nitrogen and oxygen atoms in total. The van der Waals surface area contributed by atoms with Gasteiger partial charge in [-0.1, -0.05) is 24.6 Å². The molecule has 4 atom stereocenters. The van der Waals surface area contributed by atoms with Crippen LogP contribution in [0.2, 0.25) is 5.02 Å². The number of aryl methyl sites for hydroxylation is 1. The standard InChI is InChI=1S/C24H22ClFO3/c1-2-12-5-7-16(29-19-8-6-15(25)10-18(19)26)11-17(12)22-23(27)20-13-3-4-14(9-13)21(20)24(22)28/h5-8,10-11,13-14,20-21,27H,2-4,9H2,1H3/t13-,14+,20-,21+/m1/s1. The summed E-state index contributed by atoms with van der Waals surface area (Å²) in [4.78, 5) is 13.3. The number of carbonyl (C=O) groups is 1. The second-order valence-electron chi connectivity index (χ2n) is 8.36. The summed E-state index contributed by atoms with van der Waals surface area (Å²) in [5, 5.41) is 11.3. The third kappa shape index (κ3) is 2.88. The largest absolute Gasteiger partial charge is 0.511 e. The third-order valence-electron chi connectivity index (χ3n) is 6.89. The van der Waals surface area contributed by atoms with Gasteiger partial charge in [0.15, 0.2) is 17.3 Å². The van der Waals surface area contributed by atoms with Gasteiger partial charge in [0.25, 0.3) is 0 Å². The normalized spacial score (nSPS) is 27.6. The molecule has 0 saturated heterocycles. The van der Waals surface area contributed by atoms with E-state index >= 15 is 0 Å². The molecule has 0 unspecified atom stereocenters. The molecule has 2 aromatic carbocycles. The summed E-state index contributed by atoms with van der Waals surface area (Å²) in [6.07, 6.45) is 3.95. The molecule has 5 rings (SSSR count). The highest BCUT2D eigenvalue weighted by molar-refractivity contribution is 6.30. The maximum atomic E-state index is 14.1. The molecule has 0 spiro atoms. The van der Waals surface area contributed by atoms with Gasteiger partial charge in [-0.3, -0.25) is 4.79 Å². The fourth-order valence-corrected chi connectivity index (χ4v) is 5.80. The predicted molar refractivity (Wildman–Crippen MR) is 110 cm³/mol. The number of allylic oxidation sites excluding steroid dienone is 2. The lowest BCUT2D eigenvalue weighted by Crippen LogP contribution is -2.24. The van der Waals surface area contributed by atoms with E-state index in [9.17, 15) is 14.3 Å². The van der Waals surface area contributed by atoms with Crippen molar-refractivity contribution in [2.45, 2.75) is 32.6 Å². The Hall–Kier alpha value is -2.33. The van der Waals surface area contributed by atoms with Crippen molar-refractivity contribution in [2.24, 2.45) is 23.7 Å². The lowest BCUT2D eigenvalue weighted by atomic mass is 9.80. The Kier molecular flexibility index (Phi) is 4.43. The number of benzene rings is 2. The van der Waals surface area contributed by atoms with Gasteiger partial charge < -0.3 is 9.84 Å². The topological polar surface area (TPSA) is 46.5 Å². The Morgan fingerprint density at radius 2 is 1.90 bits per heavy atom. The smallest absolute Gasteiger partial charge is 0.170 e. The summed E-state index contributed by atoms with van der Waals surface area (Å²) >= 11 is 5.81. The van der Waals surface area contributed by atoms with Crippen LogP contribution in [0.15, 0.2) is 42.2 Å². The molecule has 3 aliphatic rings. The Labute approximate surface area is 174 Å². The van der Waals surface area contributed by atoms with Crippen molar-refractivity contribution >= 4 is 23.0 Å². The van der Waals surface area contributed by atoms with Crippen LogP contribution in [-0.2, 0) is 11.2 Å². The number of fused-ring (bicyclic) bond motifs is 5. The maximum absolute atomic E-state index is 14.1. The number of ether oxygens (including phenoxy) is 1. The van der Waals surface area contributed by atoms with Gasteiger partial charge in [-0.05, 0) is 79.0 Å². The van der Waals surface area contributed by atoms with E-state index in [1.165, 1.54) is 12.1 Å². The Morgan fingerprint density at radius 3 is 2.59 bits per heavy atom. The fourth-order valence-electron chi connectivity index (χ4n) is 5.64. The van der Waals surface area contributed by atoms with Crippen molar-refractivity contribution in [2.75, 3.05) is 0 Å². The molecule has 0 amide bonds. The molecule has 0 heterocycles. The SMILES string of the molecule is CCc1ccc(Oc2ccc(Cl)cc2F)cc1C1=C(O)[C@@H]2[C@@H]3CC[C@@H](C3)[C@@H]2C1=O. The molecule has 2 bridgehead atoms. The molecule has 0 aromatic heterocycles. The molecule has 1 N–H and O–H groups in total. The zero-order valence-corrected chi connectivity index (χ0v) is 16.9. The maximum Gasteiger partial charge on any atom is 0.170 e. The van der Waals surface area contributed by atoms with Crippen molar-refractivity contribution < 1.29 is 19.0 Å². The highest BCUT2D eigenvalue weighted by atomic mass is 35.5. The summed E-state index contributed by atoms with van der Waals surface area (Å²) in [6.45, 7) is 2.01. The molecule has 0 radical (unpaired) electrons. The third-order valence-corrected chi connectivity index (χ3v) is 7.13. The van der Waals surface area contributed by atoms with Gasteiger partial charge in [-0.15, -0.1) is 0 Å². The van der Waals surface area contributed by atoms with Crippen LogP contribution in [0.4, 0.5) is 4.39 Å². The molecule has 2 aromatic rings. The summed E-state index contributed by atoms with van der Waals surface area (Å²) in [5.41, 5.74) is 2.11. The van der Waals surface area contributed by atoms with Crippen LogP contribution in [0.25, 0.3) is 5.57 Å². The van der Waals surface area contributed by atoms with E-state index in [2.05, 4.69) is 0 Å². The van der Waals surface area contributed by atoms with Crippen LogP contribution in [-0.4, -0.2) is 10.9 Å². The summed E-state index contributed by atoms with van der Waals surface area (Å²) in [7, 11) is 0. The first-order chi connectivity index (χ1) is 14.0. The molecule has 150 valence electrons. The lowest BCUT2D eigenvalue weighted by molar-refractivity contribution is -0.118. The molecule has 3 aliphatic carbocycles. The quantitative estimate of drug-likeness (QED) is 0.636. The van der Waals surface area contributed by atoms with Gasteiger partial charge in [-0.25, -0.2) is 4.39 Å². The molecule has 0 aliphatic heterocycles. The van der Waals surface area contributed by atoms with Crippen molar-refractivity contribution in [1.82, 2.24) is 0 Å².